The summed E-state index contributed by atoms with van der Waals surface area (Å²) in [5.41, 5.74) is 3.36. The highest BCUT2D eigenvalue weighted by molar-refractivity contribution is 5.86. The number of ether oxygens (including phenoxy) is 2. The zero-order valence-electron chi connectivity index (χ0n) is 16.3. The predicted molar refractivity (Wildman–Crippen MR) is 103 cm³/mol. The maximum absolute atomic E-state index is 5.64. The molecule has 1 saturated heterocycles. The van der Waals surface area contributed by atoms with Gasteiger partial charge in [0.2, 0.25) is 0 Å². The Morgan fingerprint density at radius 1 is 1.12 bits per heavy atom. The third-order valence-corrected chi connectivity index (χ3v) is 4.10. The van der Waals surface area contributed by atoms with Crippen LogP contribution in [-0.2, 0) is 4.74 Å². The minimum Gasteiger partial charge on any atom is -0.496 e. The number of fused-ring (bicyclic) bond motifs is 1. The van der Waals surface area contributed by atoms with Gasteiger partial charge in [-0.2, -0.15) is 0 Å². The fourth-order valence-electron chi connectivity index (χ4n) is 3.06. The van der Waals surface area contributed by atoms with Crippen molar-refractivity contribution in [3.8, 4) is 5.75 Å². The number of methoxy groups -OCH3 is 1. The average Bonchev–Trinajstić information content (AvgIpc) is 2.64. The Balaban J connectivity index is 0.000000671. The average molecular weight is 332 g/mol. The standard InChI is InChI=1S/C17H21NO2.2C2H6/c1-11-8-17(19-3)15-10-13(4-5-16(15)18-11)14-6-7-20-12(2)9-14;2*1-2/h4-5,8,10,12,14H,6-7,9H2,1-3H3;2*1-2H3. The van der Waals surface area contributed by atoms with Crippen molar-refractivity contribution >= 4 is 10.9 Å². The Bertz CT molecular complexity index is 625. The highest BCUT2D eigenvalue weighted by Gasteiger charge is 2.21. The van der Waals surface area contributed by atoms with E-state index in [1.165, 1.54) is 5.56 Å². The first-order valence-corrected chi connectivity index (χ1v) is 9.24. The van der Waals surface area contributed by atoms with Crippen LogP contribution >= 0.6 is 0 Å². The largest absolute Gasteiger partial charge is 0.496 e. The summed E-state index contributed by atoms with van der Waals surface area (Å²) in [6.07, 6.45) is 2.53. The van der Waals surface area contributed by atoms with Crippen LogP contribution in [0.3, 0.4) is 0 Å². The number of hydrogen-bond acceptors (Lipinski definition) is 3. The lowest BCUT2D eigenvalue weighted by atomic mass is 9.88. The quantitative estimate of drug-likeness (QED) is 0.688. The van der Waals surface area contributed by atoms with E-state index in [0.29, 0.717) is 12.0 Å². The normalized spacial score (nSPS) is 19.6. The number of aromatic nitrogens is 1. The second-order valence-electron chi connectivity index (χ2n) is 5.65. The summed E-state index contributed by atoms with van der Waals surface area (Å²) in [5, 5.41) is 1.11. The van der Waals surface area contributed by atoms with Crippen molar-refractivity contribution in [2.45, 2.75) is 66.4 Å². The van der Waals surface area contributed by atoms with Gasteiger partial charge >= 0.3 is 0 Å². The summed E-state index contributed by atoms with van der Waals surface area (Å²) in [6, 6.07) is 8.55. The van der Waals surface area contributed by atoms with Gasteiger partial charge in [-0.15, -0.1) is 0 Å². The van der Waals surface area contributed by atoms with Crippen molar-refractivity contribution in [1.29, 1.82) is 0 Å². The van der Waals surface area contributed by atoms with Crippen LogP contribution in [0.5, 0.6) is 5.75 Å². The summed E-state index contributed by atoms with van der Waals surface area (Å²) in [5.74, 6) is 1.49. The van der Waals surface area contributed by atoms with Crippen LogP contribution in [0.25, 0.3) is 10.9 Å². The van der Waals surface area contributed by atoms with Gasteiger partial charge in [0.25, 0.3) is 0 Å². The maximum Gasteiger partial charge on any atom is 0.130 e. The van der Waals surface area contributed by atoms with E-state index in [0.717, 1.165) is 41.8 Å². The van der Waals surface area contributed by atoms with Gasteiger partial charge < -0.3 is 9.47 Å². The van der Waals surface area contributed by atoms with Gasteiger partial charge in [0.1, 0.15) is 5.75 Å². The SMILES string of the molecule is CC.CC.COc1cc(C)nc2ccc(C3CCOC(C)C3)cc12. The molecule has 3 rings (SSSR count). The lowest BCUT2D eigenvalue weighted by Crippen LogP contribution is -2.21. The van der Waals surface area contributed by atoms with Gasteiger partial charge in [-0.3, -0.25) is 4.98 Å². The molecule has 24 heavy (non-hydrogen) atoms. The third kappa shape index (κ3) is 4.94. The Morgan fingerprint density at radius 2 is 1.83 bits per heavy atom. The molecule has 3 nitrogen and oxygen atoms in total. The Hall–Kier alpha value is -1.61. The molecular formula is C21H33NO2. The van der Waals surface area contributed by atoms with E-state index in [1.54, 1.807) is 7.11 Å². The summed E-state index contributed by atoms with van der Waals surface area (Å²) in [6.45, 7) is 13.0. The van der Waals surface area contributed by atoms with Gasteiger partial charge in [0.05, 0.1) is 18.7 Å². The molecule has 2 aromatic rings. The number of aryl methyl sites for hydroxylation is 1. The van der Waals surface area contributed by atoms with Crippen molar-refractivity contribution in [1.82, 2.24) is 4.98 Å². The lowest BCUT2D eigenvalue weighted by molar-refractivity contribution is 0.0186. The van der Waals surface area contributed by atoms with Crippen LogP contribution in [0.2, 0.25) is 0 Å². The van der Waals surface area contributed by atoms with Crippen LogP contribution in [0.1, 0.15) is 64.6 Å². The van der Waals surface area contributed by atoms with Crippen LogP contribution < -0.4 is 4.74 Å². The van der Waals surface area contributed by atoms with Crippen molar-refractivity contribution in [3.05, 3.63) is 35.5 Å². The monoisotopic (exact) mass is 331 g/mol. The molecule has 1 aliphatic heterocycles. The molecule has 1 aliphatic rings. The number of pyridine rings is 1. The molecule has 0 N–H and O–H groups in total. The zero-order valence-corrected chi connectivity index (χ0v) is 16.3. The van der Waals surface area contributed by atoms with Gasteiger partial charge in [-0.05, 0) is 50.3 Å². The fraction of sp³-hybridized carbons (Fsp3) is 0.571. The summed E-state index contributed by atoms with van der Waals surface area (Å²) in [7, 11) is 1.72. The van der Waals surface area contributed by atoms with Crippen molar-refractivity contribution in [2.75, 3.05) is 13.7 Å². The first kappa shape index (κ1) is 20.4. The molecule has 134 valence electrons. The Labute approximate surface area is 147 Å². The summed E-state index contributed by atoms with van der Waals surface area (Å²) < 4.78 is 11.1. The van der Waals surface area contributed by atoms with Crippen LogP contribution in [0.15, 0.2) is 24.3 Å². The number of rotatable bonds is 2. The second kappa shape index (κ2) is 10.3. The molecular weight excluding hydrogens is 298 g/mol. The molecule has 2 unspecified atom stereocenters. The molecule has 0 aliphatic carbocycles. The van der Waals surface area contributed by atoms with E-state index in [4.69, 9.17) is 9.47 Å². The minimum atomic E-state index is 0.350. The molecule has 1 aromatic heterocycles. The third-order valence-electron chi connectivity index (χ3n) is 4.10. The van der Waals surface area contributed by atoms with E-state index >= 15 is 0 Å². The highest BCUT2D eigenvalue weighted by Crippen LogP contribution is 2.34. The summed E-state index contributed by atoms with van der Waals surface area (Å²) in [4.78, 5) is 4.58. The van der Waals surface area contributed by atoms with E-state index in [9.17, 15) is 0 Å². The van der Waals surface area contributed by atoms with Crippen molar-refractivity contribution < 1.29 is 9.47 Å². The number of benzene rings is 1. The van der Waals surface area contributed by atoms with Gasteiger partial charge in [-0.25, -0.2) is 0 Å². The molecule has 0 amide bonds. The molecule has 0 bridgehead atoms. The molecule has 3 heteroatoms. The van der Waals surface area contributed by atoms with Crippen LogP contribution in [0.4, 0.5) is 0 Å². The van der Waals surface area contributed by atoms with E-state index in [1.807, 2.05) is 40.7 Å². The van der Waals surface area contributed by atoms with Crippen molar-refractivity contribution in [2.24, 2.45) is 0 Å². The zero-order chi connectivity index (χ0) is 18.1. The summed E-state index contributed by atoms with van der Waals surface area (Å²) >= 11 is 0. The first-order chi connectivity index (χ1) is 11.7. The van der Waals surface area contributed by atoms with Gasteiger partial charge in [0.15, 0.2) is 0 Å². The van der Waals surface area contributed by atoms with E-state index in [-0.39, 0.29) is 0 Å². The molecule has 0 radical (unpaired) electrons. The molecule has 0 saturated carbocycles. The minimum absolute atomic E-state index is 0.350. The number of hydrogen-bond donors (Lipinski definition) is 0. The Morgan fingerprint density at radius 3 is 2.46 bits per heavy atom. The smallest absolute Gasteiger partial charge is 0.130 e. The predicted octanol–water partition coefficient (Wildman–Crippen LogP) is 5.89. The number of nitrogens with zero attached hydrogens (tertiary/aromatic N) is 1. The van der Waals surface area contributed by atoms with Gasteiger partial charge in [0, 0.05) is 23.8 Å². The fourth-order valence-corrected chi connectivity index (χ4v) is 3.06. The second-order valence-corrected chi connectivity index (χ2v) is 5.65. The van der Waals surface area contributed by atoms with Gasteiger partial charge in [-0.1, -0.05) is 33.8 Å². The molecule has 2 atom stereocenters. The topological polar surface area (TPSA) is 31.4 Å². The first-order valence-electron chi connectivity index (χ1n) is 9.24. The molecule has 0 spiro atoms. The maximum atomic E-state index is 5.64. The van der Waals surface area contributed by atoms with E-state index < -0.39 is 0 Å². The van der Waals surface area contributed by atoms with Crippen LogP contribution in [0, 0.1) is 6.92 Å². The van der Waals surface area contributed by atoms with Crippen LogP contribution in [-0.4, -0.2) is 24.8 Å². The molecule has 2 heterocycles. The highest BCUT2D eigenvalue weighted by atomic mass is 16.5. The lowest BCUT2D eigenvalue weighted by Gasteiger charge is -2.27. The molecule has 1 aromatic carbocycles. The Kier molecular flexibility index (Phi) is 8.77. The van der Waals surface area contributed by atoms with E-state index in [2.05, 4.69) is 30.1 Å². The molecule has 1 fully saturated rings. The van der Waals surface area contributed by atoms with Crippen molar-refractivity contribution in [3.63, 3.8) is 0 Å².